The summed E-state index contributed by atoms with van der Waals surface area (Å²) in [6.07, 6.45) is 0. The molecule has 0 spiro atoms. The lowest BCUT2D eigenvalue weighted by molar-refractivity contribution is 0.0473. The van der Waals surface area contributed by atoms with Crippen LogP contribution in [0.25, 0.3) is 0 Å². The van der Waals surface area contributed by atoms with Gasteiger partial charge in [-0.25, -0.2) is 4.79 Å². The molecule has 2 N–H and O–H groups in total. The van der Waals surface area contributed by atoms with Crippen molar-refractivity contribution in [1.29, 1.82) is 0 Å². The second kappa shape index (κ2) is 6.29. The third-order valence-electron chi connectivity index (χ3n) is 2.88. The Morgan fingerprint density at radius 3 is 2.75 bits per heavy atom. The van der Waals surface area contributed by atoms with Crippen LogP contribution < -0.4 is 5.73 Å². The van der Waals surface area contributed by atoms with Gasteiger partial charge < -0.3 is 10.5 Å². The van der Waals surface area contributed by atoms with Crippen LogP contribution in [-0.2, 0) is 11.3 Å². The number of carbonyl (C=O) groups is 1. The van der Waals surface area contributed by atoms with Gasteiger partial charge in [0.25, 0.3) is 0 Å². The number of benzene rings is 2. The zero-order valence-corrected chi connectivity index (χ0v) is 13.2. The largest absolute Gasteiger partial charge is 0.457 e. The maximum absolute atomic E-state index is 12.1. The van der Waals surface area contributed by atoms with Gasteiger partial charge in [0, 0.05) is 20.7 Å². The number of halogens is 2. The predicted octanol–water partition coefficient (Wildman–Crippen LogP) is 4.35. The van der Waals surface area contributed by atoms with E-state index < -0.39 is 5.97 Å². The number of nitrogen functional groups attached to an aromatic ring is 1. The lowest BCUT2D eigenvalue weighted by Crippen LogP contribution is -2.10. The van der Waals surface area contributed by atoms with Crippen LogP contribution in [0.2, 0.25) is 5.02 Å². The van der Waals surface area contributed by atoms with Crippen molar-refractivity contribution in [3.05, 3.63) is 62.6 Å². The smallest absolute Gasteiger partial charge is 0.340 e. The number of rotatable bonds is 3. The fraction of sp³-hybridized carbons (Fsp3) is 0.133. The van der Waals surface area contributed by atoms with E-state index in [2.05, 4.69) is 15.9 Å². The standard InChI is InChI=1S/C15H13BrClNO2/c1-9-3-2-4-13(18)14(9)15(19)20-8-10-5-6-11(16)7-12(10)17/h2-7H,8,18H2,1H3. The Labute approximate surface area is 130 Å². The van der Waals surface area contributed by atoms with Crippen LogP contribution in [0.1, 0.15) is 21.5 Å². The number of carbonyl (C=O) groups excluding carboxylic acids is 1. The predicted molar refractivity (Wildman–Crippen MR) is 83.9 cm³/mol. The minimum atomic E-state index is -0.445. The summed E-state index contributed by atoms with van der Waals surface area (Å²) in [6.45, 7) is 1.93. The molecule has 20 heavy (non-hydrogen) atoms. The maximum Gasteiger partial charge on any atom is 0.340 e. The molecule has 0 heterocycles. The molecule has 0 aliphatic heterocycles. The van der Waals surface area contributed by atoms with E-state index in [1.165, 1.54) is 0 Å². The van der Waals surface area contributed by atoms with E-state index in [1.807, 2.05) is 19.1 Å². The minimum absolute atomic E-state index is 0.110. The van der Waals surface area contributed by atoms with E-state index in [0.717, 1.165) is 15.6 Å². The molecule has 0 amide bonds. The molecule has 0 atom stereocenters. The van der Waals surface area contributed by atoms with E-state index in [1.54, 1.807) is 24.3 Å². The van der Waals surface area contributed by atoms with Gasteiger partial charge in [-0.15, -0.1) is 0 Å². The fourth-order valence-electron chi connectivity index (χ4n) is 1.82. The average Bonchev–Trinajstić information content (AvgIpc) is 2.37. The SMILES string of the molecule is Cc1cccc(N)c1C(=O)OCc1ccc(Br)cc1Cl. The van der Waals surface area contributed by atoms with Gasteiger partial charge in [0.1, 0.15) is 6.61 Å². The van der Waals surface area contributed by atoms with Gasteiger partial charge in [-0.05, 0) is 30.7 Å². The first-order chi connectivity index (χ1) is 9.49. The van der Waals surface area contributed by atoms with E-state index >= 15 is 0 Å². The highest BCUT2D eigenvalue weighted by Crippen LogP contribution is 2.23. The maximum atomic E-state index is 12.1. The quantitative estimate of drug-likeness (QED) is 0.658. The molecule has 0 bridgehead atoms. The van der Waals surface area contributed by atoms with Crippen molar-refractivity contribution < 1.29 is 9.53 Å². The Morgan fingerprint density at radius 2 is 2.10 bits per heavy atom. The summed E-state index contributed by atoms with van der Waals surface area (Å²) in [7, 11) is 0. The van der Waals surface area contributed by atoms with Crippen LogP contribution in [0.3, 0.4) is 0 Å². The molecule has 2 rings (SSSR count). The van der Waals surface area contributed by atoms with E-state index in [9.17, 15) is 4.79 Å². The normalized spacial score (nSPS) is 10.3. The third-order valence-corrected chi connectivity index (χ3v) is 3.73. The summed E-state index contributed by atoms with van der Waals surface area (Å²) in [4.78, 5) is 12.1. The van der Waals surface area contributed by atoms with E-state index in [-0.39, 0.29) is 6.61 Å². The minimum Gasteiger partial charge on any atom is -0.457 e. The van der Waals surface area contributed by atoms with Crippen molar-refractivity contribution in [3.63, 3.8) is 0 Å². The van der Waals surface area contributed by atoms with Gasteiger partial charge in [0.2, 0.25) is 0 Å². The lowest BCUT2D eigenvalue weighted by atomic mass is 10.1. The summed E-state index contributed by atoms with van der Waals surface area (Å²) in [5.41, 5.74) is 8.16. The van der Waals surface area contributed by atoms with Crippen LogP contribution in [0.4, 0.5) is 5.69 Å². The van der Waals surface area contributed by atoms with Crippen LogP contribution in [0.15, 0.2) is 40.9 Å². The molecular formula is C15H13BrClNO2. The second-order valence-electron chi connectivity index (χ2n) is 4.35. The summed E-state index contributed by atoms with van der Waals surface area (Å²) < 4.78 is 6.15. The molecule has 2 aromatic rings. The van der Waals surface area contributed by atoms with Crippen LogP contribution >= 0.6 is 27.5 Å². The summed E-state index contributed by atoms with van der Waals surface area (Å²) in [6, 6.07) is 10.7. The highest BCUT2D eigenvalue weighted by molar-refractivity contribution is 9.10. The molecule has 0 saturated heterocycles. The molecule has 5 heteroatoms. The first-order valence-electron chi connectivity index (χ1n) is 5.95. The molecule has 0 aliphatic rings. The molecule has 0 aromatic heterocycles. The molecule has 3 nitrogen and oxygen atoms in total. The van der Waals surface area contributed by atoms with Crippen molar-refractivity contribution in [2.45, 2.75) is 13.5 Å². The van der Waals surface area contributed by atoms with Crippen molar-refractivity contribution in [2.75, 3.05) is 5.73 Å². The fourth-order valence-corrected chi connectivity index (χ4v) is 2.55. The number of hydrogen-bond donors (Lipinski definition) is 1. The Morgan fingerprint density at radius 1 is 1.35 bits per heavy atom. The van der Waals surface area contributed by atoms with E-state index in [0.29, 0.717) is 16.3 Å². The Balaban J connectivity index is 2.13. The molecule has 0 saturated carbocycles. The monoisotopic (exact) mass is 353 g/mol. The molecule has 0 unspecified atom stereocenters. The second-order valence-corrected chi connectivity index (χ2v) is 5.67. The summed E-state index contributed by atoms with van der Waals surface area (Å²) in [5, 5.41) is 0.546. The number of anilines is 1. The van der Waals surface area contributed by atoms with Gasteiger partial charge >= 0.3 is 5.97 Å². The molecular weight excluding hydrogens is 342 g/mol. The molecule has 104 valence electrons. The lowest BCUT2D eigenvalue weighted by Gasteiger charge is -2.10. The summed E-state index contributed by atoms with van der Waals surface area (Å²) in [5.74, 6) is -0.445. The van der Waals surface area contributed by atoms with Gasteiger partial charge in [0.05, 0.1) is 5.56 Å². The number of aryl methyl sites for hydroxylation is 1. The molecule has 0 radical (unpaired) electrons. The zero-order chi connectivity index (χ0) is 14.7. The zero-order valence-electron chi connectivity index (χ0n) is 10.8. The Kier molecular flexibility index (Phi) is 4.68. The van der Waals surface area contributed by atoms with Crippen LogP contribution in [-0.4, -0.2) is 5.97 Å². The van der Waals surface area contributed by atoms with Crippen LogP contribution in [0, 0.1) is 6.92 Å². The third kappa shape index (κ3) is 3.32. The molecule has 0 fully saturated rings. The first kappa shape index (κ1) is 14.9. The topological polar surface area (TPSA) is 52.3 Å². The first-order valence-corrected chi connectivity index (χ1v) is 7.12. The Hall–Kier alpha value is -1.52. The highest BCUT2D eigenvalue weighted by atomic mass is 79.9. The van der Waals surface area contributed by atoms with Crippen LogP contribution in [0.5, 0.6) is 0 Å². The van der Waals surface area contributed by atoms with Gasteiger partial charge in [0.15, 0.2) is 0 Å². The van der Waals surface area contributed by atoms with Crippen molar-refractivity contribution in [2.24, 2.45) is 0 Å². The van der Waals surface area contributed by atoms with Gasteiger partial charge in [-0.3, -0.25) is 0 Å². The van der Waals surface area contributed by atoms with E-state index in [4.69, 9.17) is 22.1 Å². The number of hydrogen-bond acceptors (Lipinski definition) is 3. The molecule has 0 aliphatic carbocycles. The number of esters is 1. The molecule has 2 aromatic carbocycles. The summed E-state index contributed by atoms with van der Waals surface area (Å²) >= 11 is 9.40. The van der Waals surface area contributed by atoms with Gasteiger partial charge in [-0.1, -0.05) is 45.7 Å². The highest BCUT2D eigenvalue weighted by Gasteiger charge is 2.14. The van der Waals surface area contributed by atoms with Crippen molar-refractivity contribution in [1.82, 2.24) is 0 Å². The van der Waals surface area contributed by atoms with Crippen molar-refractivity contribution >= 4 is 39.2 Å². The number of ether oxygens (including phenoxy) is 1. The Bertz CT molecular complexity index is 638. The van der Waals surface area contributed by atoms with Crippen molar-refractivity contribution in [3.8, 4) is 0 Å². The average molecular weight is 355 g/mol. The number of nitrogens with two attached hydrogens (primary N) is 1. The van der Waals surface area contributed by atoms with Gasteiger partial charge in [-0.2, -0.15) is 0 Å².